The third-order valence-corrected chi connectivity index (χ3v) is 1.63. The van der Waals surface area contributed by atoms with Crippen LogP contribution in [0, 0.1) is 0 Å². The lowest BCUT2D eigenvalue weighted by Gasteiger charge is -2.32. The summed E-state index contributed by atoms with van der Waals surface area (Å²) in [5.41, 5.74) is -0.522. The molecule has 2 heterocycles. The third kappa shape index (κ3) is 2.34. The van der Waals surface area contributed by atoms with E-state index in [0.29, 0.717) is 0 Å². The number of anilines is 1. The molecule has 5 nitrogen and oxygen atoms in total. The van der Waals surface area contributed by atoms with E-state index in [-0.39, 0.29) is 4.90 Å². The summed E-state index contributed by atoms with van der Waals surface area (Å²) in [6.07, 6.45) is 0. The summed E-state index contributed by atoms with van der Waals surface area (Å²) in [5.74, 6) is -0.749. The Labute approximate surface area is 105 Å². The fourth-order valence-corrected chi connectivity index (χ4v) is 0.967. The Morgan fingerprint density at radius 2 is 2.13 bits per heavy atom. The van der Waals surface area contributed by atoms with Crippen LogP contribution >= 0.6 is 0 Å². The Morgan fingerprint density at radius 1 is 1.40 bits per heavy atom. The fraction of sp³-hybridized carbons (Fsp3) is 0.556. The van der Waals surface area contributed by atoms with Crippen molar-refractivity contribution in [3.05, 3.63) is 12.1 Å². The first-order chi connectivity index (χ1) is 11.4. The molecule has 1 fully saturated rings. The molecule has 0 amide bonds. The Hall–Kier alpha value is -0.975. The van der Waals surface area contributed by atoms with Crippen LogP contribution < -0.4 is 10.6 Å². The van der Waals surface area contributed by atoms with Crippen molar-refractivity contribution < 1.29 is 29.5 Å². The van der Waals surface area contributed by atoms with Gasteiger partial charge in [0.05, 0.1) is 5.48 Å². The molecular weight excluding hydrogens is 195 g/mol. The van der Waals surface area contributed by atoms with Crippen molar-refractivity contribution in [2.75, 3.05) is 37.9 Å². The summed E-state index contributed by atoms with van der Waals surface area (Å²) < 4.78 is 90.7. The first kappa shape index (κ1) is 3.51. The number of nitrogens with zero attached hydrogens (tertiary/aromatic N) is 2. The van der Waals surface area contributed by atoms with Crippen molar-refractivity contribution in [2.24, 2.45) is 0 Å². The zero-order valence-electron chi connectivity index (χ0n) is 18.4. The van der Waals surface area contributed by atoms with Gasteiger partial charge >= 0.3 is 7.12 Å². The number of hydrogen-bond donors (Lipinski definition) is 2. The highest BCUT2D eigenvalue weighted by Crippen LogP contribution is 2.15. The van der Waals surface area contributed by atoms with Gasteiger partial charge in [0.1, 0.15) is 5.66 Å². The summed E-state index contributed by atoms with van der Waals surface area (Å²) in [4.78, 5) is -0.484. The molecule has 0 saturated carbocycles. The van der Waals surface area contributed by atoms with E-state index in [1.165, 1.54) is 0 Å². The Kier molecular flexibility index (Phi) is 0.998. The second-order valence-corrected chi connectivity index (χ2v) is 2.67. The zero-order valence-corrected chi connectivity index (χ0v) is 7.43. The van der Waals surface area contributed by atoms with E-state index < -0.39 is 56.5 Å². The molecule has 2 N–H and O–H groups in total. The molecule has 1 aliphatic heterocycles. The van der Waals surface area contributed by atoms with Crippen LogP contribution in [-0.2, 0) is 0 Å². The molecule has 0 atom stereocenters. The molecule has 1 aromatic rings. The normalized spacial score (nSPS) is 43.3. The lowest BCUT2D eigenvalue weighted by Crippen LogP contribution is -2.44. The van der Waals surface area contributed by atoms with Gasteiger partial charge in [0, 0.05) is 41.6 Å². The molecule has 0 aromatic carbocycles. The number of likely N-dealkylation sites (N-methyl/N-ethyl adjacent to an activating group) is 1. The summed E-state index contributed by atoms with van der Waals surface area (Å²) >= 11 is 0. The predicted octanol–water partition coefficient (Wildman–Crippen LogP) is -1.29. The quantitative estimate of drug-likeness (QED) is 0.608. The van der Waals surface area contributed by atoms with E-state index in [0.717, 1.165) is 12.1 Å². The summed E-state index contributed by atoms with van der Waals surface area (Å²) in [7, 11) is -2.13. The topological polar surface area (TPSA) is 60.1 Å². The van der Waals surface area contributed by atoms with E-state index in [4.69, 9.17) is 29.5 Å². The second kappa shape index (κ2) is 4.26. The molecular formula is C9H15BN2O3. The van der Waals surface area contributed by atoms with E-state index in [9.17, 15) is 0 Å². The lowest BCUT2D eigenvalue weighted by atomic mass is 9.88. The third-order valence-electron chi connectivity index (χ3n) is 1.63. The monoisotopic (exact) mass is 221 g/mol. The maximum Gasteiger partial charge on any atom is 0.526 e. The lowest BCUT2D eigenvalue weighted by molar-refractivity contribution is 0.306. The molecule has 82 valence electrons. The van der Waals surface area contributed by atoms with Gasteiger partial charge in [-0.05, 0) is 13.0 Å². The van der Waals surface area contributed by atoms with Gasteiger partial charge in [-0.2, -0.15) is 0 Å². The van der Waals surface area contributed by atoms with Gasteiger partial charge in [0.2, 0.25) is 0 Å². The van der Waals surface area contributed by atoms with Gasteiger partial charge in [-0.1, -0.05) is 0 Å². The largest absolute Gasteiger partial charge is 0.526 e. The van der Waals surface area contributed by atoms with Crippen molar-refractivity contribution >= 4 is 18.7 Å². The molecule has 0 spiro atoms. The number of piperazine rings is 1. The van der Waals surface area contributed by atoms with Crippen molar-refractivity contribution in [3.63, 3.8) is 0 Å². The highest BCUT2D eigenvalue weighted by atomic mass is 16.4. The van der Waals surface area contributed by atoms with Crippen LogP contribution in [0.25, 0.3) is 0 Å². The first-order valence-corrected chi connectivity index (χ1v) is 3.97. The minimum Gasteiger partial charge on any atom is -0.449 e. The van der Waals surface area contributed by atoms with Crippen molar-refractivity contribution in [1.82, 2.24) is 4.90 Å². The molecule has 0 aliphatic carbocycles. The van der Waals surface area contributed by atoms with E-state index >= 15 is 0 Å². The molecule has 2 rings (SSSR count). The molecule has 15 heavy (non-hydrogen) atoms. The van der Waals surface area contributed by atoms with E-state index in [1.54, 1.807) is 0 Å². The smallest absolute Gasteiger partial charge is 0.449 e. The highest BCUT2D eigenvalue weighted by Gasteiger charge is 2.20. The summed E-state index contributed by atoms with van der Waals surface area (Å²) in [6, 6.07) is 1.84. The predicted molar refractivity (Wildman–Crippen MR) is 58.2 cm³/mol. The van der Waals surface area contributed by atoms with Gasteiger partial charge in [0.15, 0.2) is 5.88 Å². The molecule has 1 aromatic heterocycles. The number of furan rings is 1. The van der Waals surface area contributed by atoms with Gasteiger partial charge in [-0.25, -0.2) is 0 Å². The molecule has 6 heteroatoms. The van der Waals surface area contributed by atoms with E-state index in [2.05, 4.69) is 0 Å². The molecule has 0 bridgehead atoms. The van der Waals surface area contributed by atoms with Crippen LogP contribution in [-0.4, -0.2) is 55.0 Å². The van der Waals surface area contributed by atoms with Gasteiger partial charge in [-0.3, -0.25) is 0 Å². The van der Waals surface area contributed by atoms with Crippen LogP contribution in [0.15, 0.2) is 16.5 Å². The summed E-state index contributed by atoms with van der Waals surface area (Å²) in [6.45, 7) is -17.4. The SMILES string of the molecule is [2H]C([2H])([2H])N1C([2H])([2H])C([2H])([2H])N(c2ccc(B(O)O)o2)C([2H])([2H])C1([2H])[2H]. The Balaban J connectivity index is 2.74. The van der Waals surface area contributed by atoms with Crippen molar-refractivity contribution in [3.8, 4) is 0 Å². The maximum atomic E-state index is 9.07. The minimum atomic E-state index is -3.53. The Bertz CT molecular complexity index is 661. The molecule has 1 aliphatic rings. The van der Waals surface area contributed by atoms with Crippen LogP contribution in [0.3, 0.4) is 0 Å². The Morgan fingerprint density at radius 3 is 2.67 bits per heavy atom. The first-order valence-electron chi connectivity index (χ1n) is 9.47. The minimum absolute atomic E-state index is 0.0197. The van der Waals surface area contributed by atoms with Gasteiger partial charge in [-0.15, -0.1) is 0 Å². The number of hydrogen-bond acceptors (Lipinski definition) is 5. The molecule has 1 saturated heterocycles. The zero-order chi connectivity index (χ0) is 20.5. The van der Waals surface area contributed by atoms with E-state index in [1.807, 2.05) is 0 Å². The van der Waals surface area contributed by atoms with Gasteiger partial charge < -0.3 is 24.3 Å². The van der Waals surface area contributed by atoms with Crippen molar-refractivity contribution in [1.29, 1.82) is 0 Å². The number of rotatable bonds is 2. The van der Waals surface area contributed by atoms with Crippen LogP contribution in [0.4, 0.5) is 5.88 Å². The molecule has 0 unspecified atom stereocenters. The van der Waals surface area contributed by atoms with Crippen LogP contribution in [0.5, 0.6) is 0 Å². The highest BCUT2D eigenvalue weighted by molar-refractivity contribution is 6.57. The van der Waals surface area contributed by atoms with Gasteiger partial charge in [0.25, 0.3) is 0 Å². The standard InChI is InChI=1S/C9H15BN2O3/c1-11-4-6-12(7-5-11)9-3-2-8(15-9)10(13)14/h2-3,13-14H,4-7H2,1H3/i1D3,4D2,5D2,6D2,7D2. The fourth-order valence-electron chi connectivity index (χ4n) is 0.967. The second-order valence-electron chi connectivity index (χ2n) is 2.67. The average molecular weight is 221 g/mol. The average Bonchev–Trinajstić information content (AvgIpc) is 2.83. The van der Waals surface area contributed by atoms with Crippen LogP contribution in [0.1, 0.15) is 15.1 Å². The van der Waals surface area contributed by atoms with Crippen molar-refractivity contribution in [2.45, 2.75) is 0 Å². The van der Waals surface area contributed by atoms with Crippen LogP contribution in [0.2, 0.25) is 0 Å². The molecule has 0 radical (unpaired) electrons. The maximum absolute atomic E-state index is 9.07. The summed E-state index contributed by atoms with van der Waals surface area (Å²) in [5, 5.41) is 18.1.